The maximum Gasteiger partial charge on any atom is 0.324 e. The maximum atomic E-state index is 11.8. The average molecular weight is 342 g/mol. The van der Waals surface area contributed by atoms with Crippen LogP contribution in [-0.2, 0) is 4.79 Å². The second kappa shape index (κ2) is 5.87. The molecule has 0 fully saturated rings. The van der Waals surface area contributed by atoms with Crippen LogP contribution in [0, 0.1) is 0 Å². The first-order chi connectivity index (χ1) is 9.45. The Balaban J connectivity index is 2.04. The van der Waals surface area contributed by atoms with Crippen molar-refractivity contribution in [1.29, 1.82) is 0 Å². The van der Waals surface area contributed by atoms with E-state index in [0.717, 1.165) is 4.47 Å². The van der Waals surface area contributed by atoms with Crippen LogP contribution in [-0.4, -0.2) is 50.2 Å². The number of hydrogen-bond donors (Lipinski definition) is 2. The van der Waals surface area contributed by atoms with Gasteiger partial charge in [-0.3, -0.25) is 10.1 Å². The van der Waals surface area contributed by atoms with Crippen LogP contribution in [0.2, 0.25) is 0 Å². The van der Waals surface area contributed by atoms with E-state index in [-0.39, 0.29) is 18.9 Å². The number of pyridine rings is 1. The molecule has 0 aromatic carbocycles. The van der Waals surface area contributed by atoms with E-state index in [4.69, 9.17) is 5.11 Å². The van der Waals surface area contributed by atoms with Crippen molar-refractivity contribution in [2.75, 3.05) is 18.9 Å². The van der Waals surface area contributed by atoms with Crippen LogP contribution < -0.4 is 5.32 Å². The molecule has 0 saturated carbocycles. The molecule has 0 radical (unpaired) electrons. The number of hydrogen-bond acceptors (Lipinski definition) is 4. The molecule has 0 spiro atoms. The third kappa shape index (κ3) is 3.44. The van der Waals surface area contributed by atoms with Gasteiger partial charge in [0.25, 0.3) is 5.95 Å². The lowest BCUT2D eigenvalue weighted by atomic mass is 10.4. The highest BCUT2D eigenvalue weighted by atomic mass is 79.9. The first kappa shape index (κ1) is 14.3. The predicted octanol–water partition coefficient (Wildman–Crippen LogP) is 1.43. The Kier molecular flexibility index (Phi) is 4.18. The number of nitrogens with one attached hydrogen (secondary N) is 1. The van der Waals surface area contributed by atoms with Gasteiger partial charge in [0.1, 0.15) is 0 Å². The second-order valence-electron chi connectivity index (χ2n) is 4.08. The van der Waals surface area contributed by atoms with Crippen LogP contribution in [0.5, 0.6) is 0 Å². The Bertz CT molecular complexity index is 657. The van der Waals surface area contributed by atoms with Crippen molar-refractivity contribution in [3.63, 3.8) is 0 Å². The van der Waals surface area contributed by atoms with Crippen LogP contribution >= 0.6 is 15.9 Å². The number of anilines is 1. The van der Waals surface area contributed by atoms with Crippen LogP contribution in [0.3, 0.4) is 0 Å². The fourth-order valence-corrected chi connectivity index (χ4v) is 1.79. The number of carboxylic acid groups (broad SMARTS) is 1. The van der Waals surface area contributed by atoms with Gasteiger partial charge < -0.3 is 10.0 Å². The summed E-state index contributed by atoms with van der Waals surface area (Å²) in [5.74, 6) is -0.796. The molecule has 0 aliphatic carbocycles. The number of carboxylic acids is 1. The predicted molar refractivity (Wildman–Crippen MR) is 74.6 cm³/mol. The number of nitrogens with zero attached hydrogens (tertiary/aromatic N) is 4. The van der Waals surface area contributed by atoms with Gasteiger partial charge in [-0.05, 0) is 12.1 Å². The minimum Gasteiger partial charge on any atom is -0.481 e. The molecular formula is C11H12BrN5O3. The number of carbonyl (C=O) groups excluding carboxylic acids is 1. The molecule has 0 saturated heterocycles. The molecule has 0 unspecified atom stereocenters. The summed E-state index contributed by atoms with van der Waals surface area (Å²) in [6.45, 7) is 0.111. The van der Waals surface area contributed by atoms with Gasteiger partial charge in [-0.2, -0.15) is 4.98 Å². The Labute approximate surface area is 122 Å². The summed E-state index contributed by atoms with van der Waals surface area (Å²) in [7, 11) is 1.50. The quantitative estimate of drug-likeness (QED) is 0.876. The van der Waals surface area contributed by atoms with Gasteiger partial charge in [0.15, 0.2) is 5.65 Å². The third-order valence-corrected chi connectivity index (χ3v) is 3.02. The largest absolute Gasteiger partial charge is 0.481 e. The van der Waals surface area contributed by atoms with Crippen molar-refractivity contribution in [3.8, 4) is 0 Å². The minimum atomic E-state index is -0.958. The lowest BCUT2D eigenvalue weighted by Gasteiger charge is -2.15. The van der Waals surface area contributed by atoms with Crippen LogP contribution in [0.25, 0.3) is 5.65 Å². The summed E-state index contributed by atoms with van der Waals surface area (Å²) >= 11 is 3.32. The maximum absolute atomic E-state index is 11.8. The number of rotatable bonds is 4. The molecule has 0 aliphatic rings. The van der Waals surface area contributed by atoms with Crippen molar-refractivity contribution < 1.29 is 14.7 Å². The monoisotopic (exact) mass is 341 g/mol. The molecule has 20 heavy (non-hydrogen) atoms. The second-order valence-corrected chi connectivity index (χ2v) is 4.99. The summed E-state index contributed by atoms with van der Waals surface area (Å²) < 4.78 is 2.38. The summed E-state index contributed by atoms with van der Waals surface area (Å²) in [6, 6.07) is 3.10. The Hall–Kier alpha value is -2.16. The molecule has 9 heteroatoms. The number of carbonyl (C=O) groups is 2. The van der Waals surface area contributed by atoms with Gasteiger partial charge in [-0.25, -0.2) is 9.31 Å². The molecular weight excluding hydrogens is 330 g/mol. The first-order valence-corrected chi connectivity index (χ1v) is 6.51. The Morgan fingerprint density at radius 2 is 2.30 bits per heavy atom. The number of aromatic nitrogens is 3. The number of fused-ring (bicyclic) bond motifs is 1. The fraction of sp³-hybridized carbons (Fsp3) is 0.273. The molecule has 2 aromatic heterocycles. The van der Waals surface area contributed by atoms with Gasteiger partial charge in [0.2, 0.25) is 0 Å². The van der Waals surface area contributed by atoms with E-state index in [2.05, 4.69) is 31.3 Å². The van der Waals surface area contributed by atoms with E-state index in [1.807, 2.05) is 0 Å². The summed E-state index contributed by atoms with van der Waals surface area (Å²) in [6.07, 6.45) is 1.59. The molecule has 0 atom stereocenters. The number of amides is 2. The van der Waals surface area contributed by atoms with Gasteiger partial charge in [0, 0.05) is 24.3 Å². The van der Waals surface area contributed by atoms with E-state index in [0.29, 0.717) is 5.65 Å². The topological polar surface area (TPSA) is 99.8 Å². The van der Waals surface area contributed by atoms with Crippen molar-refractivity contribution in [3.05, 3.63) is 22.8 Å². The third-order valence-electron chi connectivity index (χ3n) is 2.53. The number of aliphatic carboxylic acids is 1. The van der Waals surface area contributed by atoms with Crippen molar-refractivity contribution in [2.45, 2.75) is 6.42 Å². The smallest absolute Gasteiger partial charge is 0.324 e. The molecule has 2 rings (SSSR count). The average Bonchev–Trinajstić information content (AvgIpc) is 2.76. The normalized spacial score (nSPS) is 10.5. The molecule has 2 amide bonds. The molecule has 0 aliphatic heterocycles. The summed E-state index contributed by atoms with van der Waals surface area (Å²) in [5, 5.41) is 15.2. The zero-order valence-electron chi connectivity index (χ0n) is 10.6. The summed E-state index contributed by atoms with van der Waals surface area (Å²) in [5.41, 5.74) is 0.586. The molecule has 8 nitrogen and oxygen atoms in total. The SMILES string of the molecule is CN(CCC(=O)O)C(=O)Nc1nc2cc(Br)ccn2n1. The lowest BCUT2D eigenvalue weighted by Crippen LogP contribution is -2.33. The zero-order valence-corrected chi connectivity index (χ0v) is 12.2. The van der Waals surface area contributed by atoms with E-state index in [1.165, 1.54) is 16.5 Å². The molecule has 2 N–H and O–H groups in total. The zero-order chi connectivity index (χ0) is 14.7. The van der Waals surface area contributed by atoms with E-state index in [1.54, 1.807) is 18.3 Å². The Morgan fingerprint density at radius 3 is 3.00 bits per heavy atom. The highest BCUT2D eigenvalue weighted by Gasteiger charge is 2.13. The highest BCUT2D eigenvalue weighted by Crippen LogP contribution is 2.13. The van der Waals surface area contributed by atoms with Gasteiger partial charge in [-0.15, -0.1) is 5.10 Å². The first-order valence-electron chi connectivity index (χ1n) is 5.71. The van der Waals surface area contributed by atoms with Crippen molar-refractivity contribution in [2.24, 2.45) is 0 Å². The van der Waals surface area contributed by atoms with Gasteiger partial charge in [-0.1, -0.05) is 15.9 Å². The van der Waals surface area contributed by atoms with Crippen LogP contribution in [0.1, 0.15) is 6.42 Å². The van der Waals surface area contributed by atoms with Gasteiger partial charge in [0.05, 0.1) is 6.42 Å². The van der Waals surface area contributed by atoms with E-state index < -0.39 is 12.0 Å². The van der Waals surface area contributed by atoms with Crippen molar-refractivity contribution in [1.82, 2.24) is 19.5 Å². The Morgan fingerprint density at radius 1 is 1.55 bits per heavy atom. The number of halogens is 1. The molecule has 2 heterocycles. The standard InChI is InChI=1S/C11H12BrN5O3/c1-16(4-3-9(18)19)11(20)14-10-13-8-6-7(12)2-5-17(8)15-10/h2,5-6H,3-4H2,1H3,(H,18,19)(H,14,15,20). The minimum absolute atomic E-state index is 0.111. The highest BCUT2D eigenvalue weighted by molar-refractivity contribution is 9.10. The lowest BCUT2D eigenvalue weighted by molar-refractivity contribution is -0.137. The molecule has 0 bridgehead atoms. The summed E-state index contributed by atoms with van der Waals surface area (Å²) in [4.78, 5) is 27.6. The fourth-order valence-electron chi connectivity index (χ4n) is 1.47. The molecule has 106 valence electrons. The molecule has 2 aromatic rings. The van der Waals surface area contributed by atoms with Crippen LogP contribution in [0.4, 0.5) is 10.7 Å². The van der Waals surface area contributed by atoms with Gasteiger partial charge >= 0.3 is 12.0 Å². The van der Waals surface area contributed by atoms with Crippen molar-refractivity contribution >= 4 is 39.5 Å². The number of urea groups is 1. The van der Waals surface area contributed by atoms with E-state index in [9.17, 15) is 9.59 Å². The van der Waals surface area contributed by atoms with E-state index >= 15 is 0 Å². The van der Waals surface area contributed by atoms with Crippen LogP contribution in [0.15, 0.2) is 22.8 Å².